The monoisotopic (exact) mass is 257 g/mol. The number of para-hydroxylation sites is 1. The highest BCUT2D eigenvalue weighted by Crippen LogP contribution is 2.11. The molecule has 0 aliphatic rings. The summed E-state index contributed by atoms with van der Waals surface area (Å²) < 4.78 is 0. The van der Waals surface area contributed by atoms with Gasteiger partial charge in [-0.25, -0.2) is 0 Å². The van der Waals surface area contributed by atoms with Gasteiger partial charge < -0.3 is 0 Å². The molecular formula is C19H15N. The van der Waals surface area contributed by atoms with Crippen molar-refractivity contribution in [3.05, 3.63) is 91.1 Å². The first-order valence-electron chi connectivity index (χ1n) is 6.67. The fraction of sp³-hybridized carbons (Fsp3) is 0. The molecule has 0 saturated heterocycles. The molecule has 0 N–H and O–H groups in total. The normalized spacial score (nSPS) is 10.0. The summed E-state index contributed by atoms with van der Waals surface area (Å²) in [5, 5.41) is 3.82. The van der Waals surface area contributed by atoms with Gasteiger partial charge in [0.2, 0.25) is 0 Å². The molecule has 0 aliphatic carbocycles. The van der Waals surface area contributed by atoms with E-state index in [1.165, 1.54) is 16.2 Å². The Morgan fingerprint density at radius 3 is 1.45 bits per heavy atom. The van der Waals surface area contributed by atoms with E-state index in [0.717, 1.165) is 5.52 Å². The van der Waals surface area contributed by atoms with Crippen LogP contribution in [0.4, 0.5) is 0 Å². The maximum atomic E-state index is 4.18. The molecule has 1 heteroatoms. The highest BCUT2D eigenvalue weighted by Gasteiger charge is 1.87. The van der Waals surface area contributed by atoms with Crippen molar-refractivity contribution in [2.75, 3.05) is 0 Å². The third-order valence-corrected chi connectivity index (χ3v) is 3.17. The average molecular weight is 257 g/mol. The maximum Gasteiger partial charge on any atom is 0.0701 e. The molecular weight excluding hydrogens is 242 g/mol. The average Bonchev–Trinajstić information content (AvgIpc) is 2.56. The molecule has 0 radical (unpaired) electrons. The van der Waals surface area contributed by atoms with E-state index in [4.69, 9.17) is 0 Å². The first-order chi connectivity index (χ1) is 9.93. The highest BCUT2D eigenvalue weighted by molar-refractivity contribution is 5.82. The van der Waals surface area contributed by atoms with Crippen LogP contribution in [0.2, 0.25) is 0 Å². The van der Waals surface area contributed by atoms with E-state index in [9.17, 15) is 0 Å². The van der Waals surface area contributed by atoms with Crippen molar-refractivity contribution in [1.29, 1.82) is 0 Å². The van der Waals surface area contributed by atoms with E-state index in [0.29, 0.717) is 0 Å². The number of hydrogen-bond donors (Lipinski definition) is 0. The van der Waals surface area contributed by atoms with Crippen molar-refractivity contribution in [1.82, 2.24) is 4.98 Å². The van der Waals surface area contributed by atoms with Crippen LogP contribution in [-0.2, 0) is 0 Å². The second kappa shape index (κ2) is 5.98. The predicted molar refractivity (Wildman–Crippen MR) is 85.7 cm³/mol. The summed E-state index contributed by atoms with van der Waals surface area (Å²) >= 11 is 0. The third-order valence-electron chi connectivity index (χ3n) is 3.17. The summed E-state index contributed by atoms with van der Waals surface area (Å²) in [6.45, 7) is 0. The topological polar surface area (TPSA) is 12.9 Å². The van der Waals surface area contributed by atoms with E-state index in [-0.39, 0.29) is 0 Å². The Kier molecular flexibility index (Phi) is 3.70. The molecule has 0 atom stereocenters. The second-order valence-electron chi connectivity index (χ2n) is 4.54. The van der Waals surface area contributed by atoms with Crippen LogP contribution in [0.15, 0.2) is 91.1 Å². The minimum atomic E-state index is 1.06. The van der Waals surface area contributed by atoms with Crippen LogP contribution in [0.25, 0.3) is 21.7 Å². The fourth-order valence-electron chi connectivity index (χ4n) is 2.15. The number of benzene rings is 3. The molecule has 1 nitrogen and oxygen atoms in total. The molecule has 4 rings (SSSR count). The SMILES string of the molecule is c1ccc2ccccc2c1.c1ccc2ncccc2c1. The van der Waals surface area contributed by atoms with Crippen LogP contribution in [0.5, 0.6) is 0 Å². The van der Waals surface area contributed by atoms with Gasteiger partial charge in [-0.15, -0.1) is 0 Å². The van der Waals surface area contributed by atoms with Gasteiger partial charge in [0.25, 0.3) is 0 Å². The number of pyridine rings is 1. The molecule has 0 fully saturated rings. The molecule has 4 aromatic rings. The van der Waals surface area contributed by atoms with E-state index >= 15 is 0 Å². The van der Waals surface area contributed by atoms with Gasteiger partial charge in [-0.1, -0.05) is 72.8 Å². The van der Waals surface area contributed by atoms with Gasteiger partial charge in [-0.05, 0) is 22.9 Å². The Morgan fingerprint density at radius 2 is 0.900 bits per heavy atom. The van der Waals surface area contributed by atoms with Crippen LogP contribution in [0, 0.1) is 0 Å². The van der Waals surface area contributed by atoms with Crippen molar-refractivity contribution >= 4 is 21.7 Å². The van der Waals surface area contributed by atoms with Crippen LogP contribution in [0.3, 0.4) is 0 Å². The van der Waals surface area contributed by atoms with Crippen LogP contribution in [-0.4, -0.2) is 4.98 Å². The van der Waals surface area contributed by atoms with Gasteiger partial charge in [0.05, 0.1) is 5.52 Å². The maximum absolute atomic E-state index is 4.18. The fourth-order valence-corrected chi connectivity index (χ4v) is 2.15. The number of rotatable bonds is 0. The van der Waals surface area contributed by atoms with Gasteiger partial charge in [0.15, 0.2) is 0 Å². The van der Waals surface area contributed by atoms with Crippen LogP contribution >= 0.6 is 0 Å². The van der Waals surface area contributed by atoms with E-state index < -0.39 is 0 Å². The largest absolute Gasteiger partial charge is 0.256 e. The Morgan fingerprint density at radius 1 is 0.450 bits per heavy atom. The van der Waals surface area contributed by atoms with Gasteiger partial charge in [0.1, 0.15) is 0 Å². The van der Waals surface area contributed by atoms with Gasteiger partial charge in [-0.3, -0.25) is 4.98 Å². The first-order valence-corrected chi connectivity index (χ1v) is 6.67. The van der Waals surface area contributed by atoms with E-state index in [2.05, 4.69) is 65.6 Å². The van der Waals surface area contributed by atoms with Crippen LogP contribution < -0.4 is 0 Å². The predicted octanol–water partition coefficient (Wildman–Crippen LogP) is 5.07. The standard InChI is InChI=1S/C10H8.C9H7N/c1-2-6-10-8-4-3-7-9(10)5-1;1-2-6-9-8(4-1)5-3-7-10-9/h1-8H;1-7H. The lowest BCUT2D eigenvalue weighted by atomic mass is 10.1. The summed E-state index contributed by atoms with van der Waals surface area (Å²) in [5.74, 6) is 0. The summed E-state index contributed by atoms with van der Waals surface area (Å²) in [5.41, 5.74) is 1.06. The molecule has 3 aromatic carbocycles. The third kappa shape index (κ3) is 2.83. The molecule has 96 valence electrons. The molecule has 0 amide bonds. The van der Waals surface area contributed by atoms with Crippen molar-refractivity contribution in [2.24, 2.45) is 0 Å². The molecule has 20 heavy (non-hydrogen) atoms. The molecule has 0 aliphatic heterocycles. The number of aromatic nitrogens is 1. The molecule has 0 bridgehead atoms. The molecule has 0 saturated carbocycles. The van der Waals surface area contributed by atoms with Crippen molar-refractivity contribution in [3.8, 4) is 0 Å². The Hall–Kier alpha value is -2.67. The number of fused-ring (bicyclic) bond motifs is 2. The Labute approximate surface area is 118 Å². The van der Waals surface area contributed by atoms with Crippen molar-refractivity contribution in [3.63, 3.8) is 0 Å². The highest BCUT2D eigenvalue weighted by atomic mass is 14.6. The zero-order valence-corrected chi connectivity index (χ0v) is 11.1. The molecule has 1 aromatic heterocycles. The summed E-state index contributed by atoms with van der Waals surface area (Å²) in [6.07, 6.45) is 1.81. The number of nitrogens with zero attached hydrogens (tertiary/aromatic N) is 1. The van der Waals surface area contributed by atoms with E-state index in [1.807, 2.05) is 30.5 Å². The summed E-state index contributed by atoms with van der Waals surface area (Å²) in [6, 6.07) is 28.8. The van der Waals surface area contributed by atoms with Crippen molar-refractivity contribution < 1.29 is 0 Å². The van der Waals surface area contributed by atoms with Crippen LogP contribution in [0.1, 0.15) is 0 Å². The minimum Gasteiger partial charge on any atom is -0.256 e. The molecule has 0 spiro atoms. The lowest BCUT2D eigenvalue weighted by Gasteiger charge is -1.92. The van der Waals surface area contributed by atoms with Crippen molar-refractivity contribution in [2.45, 2.75) is 0 Å². The second-order valence-corrected chi connectivity index (χ2v) is 4.54. The molecule has 0 unspecified atom stereocenters. The smallest absolute Gasteiger partial charge is 0.0701 e. The van der Waals surface area contributed by atoms with Gasteiger partial charge >= 0.3 is 0 Å². The molecule has 1 heterocycles. The zero-order valence-electron chi connectivity index (χ0n) is 11.1. The Balaban J connectivity index is 0.000000121. The van der Waals surface area contributed by atoms with E-state index in [1.54, 1.807) is 0 Å². The van der Waals surface area contributed by atoms with Gasteiger partial charge in [-0.2, -0.15) is 0 Å². The lowest BCUT2D eigenvalue weighted by molar-refractivity contribution is 1.41. The quantitative estimate of drug-likeness (QED) is 0.428. The lowest BCUT2D eigenvalue weighted by Crippen LogP contribution is -1.73. The summed E-state index contributed by atoms with van der Waals surface area (Å²) in [7, 11) is 0. The minimum absolute atomic E-state index is 1.06. The van der Waals surface area contributed by atoms with Gasteiger partial charge in [0, 0.05) is 11.6 Å². The first kappa shape index (κ1) is 12.4. The summed E-state index contributed by atoms with van der Waals surface area (Å²) in [4.78, 5) is 4.18. The number of hydrogen-bond acceptors (Lipinski definition) is 1. The zero-order chi connectivity index (χ0) is 13.6. The Bertz CT molecular complexity index is 619.